The summed E-state index contributed by atoms with van der Waals surface area (Å²) in [6.45, 7) is 0. The van der Waals surface area contributed by atoms with Gasteiger partial charge in [0.1, 0.15) is 0 Å². The maximum atomic E-state index is 2.50. The maximum Gasteiger partial charge on any atom is -0.00990 e. The van der Waals surface area contributed by atoms with Crippen LogP contribution in [0.4, 0.5) is 0 Å². The van der Waals surface area contributed by atoms with Gasteiger partial charge in [0.15, 0.2) is 0 Å². The summed E-state index contributed by atoms with van der Waals surface area (Å²) in [5.41, 5.74) is 4.08. The third-order valence-corrected chi connectivity index (χ3v) is 5.68. The maximum absolute atomic E-state index is 2.50. The van der Waals surface area contributed by atoms with E-state index in [1.165, 1.54) is 63.6 Å². The van der Waals surface area contributed by atoms with Crippen molar-refractivity contribution < 1.29 is 0 Å². The van der Waals surface area contributed by atoms with E-state index >= 15 is 0 Å². The van der Waals surface area contributed by atoms with E-state index < -0.39 is 0 Å². The summed E-state index contributed by atoms with van der Waals surface area (Å²) >= 11 is 0. The average Bonchev–Trinajstić information content (AvgIpc) is 3.30. The Kier molecular flexibility index (Phi) is 3.56. The van der Waals surface area contributed by atoms with E-state index in [2.05, 4.69) is 78.9 Å². The first kappa shape index (κ1) is 14.7. The molecule has 0 heteroatoms. The smallest absolute Gasteiger partial charge is 0.00990 e. The molecule has 0 aromatic heterocycles. The summed E-state index contributed by atoms with van der Waals surface area (Å²) in [5.74, 6) is 0.776. The van der Waals surface area contributed by atoms with Crippen LogP contribution in [0.25, 0.3) is 34.1 Å². The summed E-state index contributed by atoms with van der Waals surface area (Å²) in [6.07, 6.45) is 12.8. The molecule has 0 radical (unpaired) electrons. The number of fused-ring (bicyclic) bond motifs is 2. The third-order valence-electron chi connectivity index (χ3n) is 5.68. The van der Waals surface area contributed by atoms with Crippen LogP contribution in [0.5, 0.6) is 0 Å². The Hall–Kier alpha value is -2.60. The van der Waals surface area contributed by atoms with Crippen LogP contribution in [-0.4, -0.2) is 0 Å². The normalized spacial score (nSPS) is 18.3. The number of benzene rings is 3. The van der Waals surface area contributed by atoms with Crippen LogP contribution < -0.4 is 10.4 Å². The van der Waals surface area contributed by atoms with E-state index in [0.717, 1.165) is 5.92 Å². The highest BCUT2D eigenvalue weighted by molar-refractivity contribution is 5.97. The molecule has 3 aromatic carbocycles. The zero-order valence-electron chi connectivity index (χ0n) is 14.4. The summed E-state index contributed by atoms with van der Waals surface area (Å²) in [7, 11) is 0. The number of hydrogen-bond acceptors (Lipinski definition) is 0. The molecule has 2 aliphatic carbocycles. The Bertz CT molecular complexity index is 1090. The quantitative estimate of drug-likeness (QED) is 0.608. The molecule has 1 fully saturated rings. The Morgan fingerprint density at radius 3 is 2.40 bits per heavy atom. The van der Waals surface area contributed by atoms with Crippen LogP contribution >= 0.6 is 0 Å². The first-order valence-electron chi connectivity index (χ1n) is 9.41. The monoisotopic (exact) mass is 322 g/mol. The van der Waals surface area contributed by atoms with Gasteiger partial charge in [0, 0.05) is 0 Å². The molecule has 0 N–H and O–H groups in total. The summed E-state index contributed by atoms with van der Waals surface area (Å²) < 4.78 is 0. The van der Waals surface area contributed by atoms with Gasteiger partial charge in [-0.1, -0.05) is 79.6 Å². The van der Waals surface area contributed by atoms with Crippen LogP contribution in [0.1, 0.15) is 25.7 Å². The predicted octanol–water partition coefficient (Wildman–Crippen LogP) is 5.20. The van der Waals surface area contributed by atoms with Crippen LogP contribution in [-0.2, 0) is 0 Å². The van der Waals surface area contributed by atoms with Gasteiger partial charge in [0.2, 0.25) is 0 Å². The highest BCUT2D eigenvalue weighted by Crippen LogP contribution is 2.29. The van der Waals surface area contributed by atoms with Gasteiger partial charge in [-0.05, 0) is 68.8 Å². The van der Waals surface area contributed by atoms with E-state index in [4.69, 9.17) is 0 Å². The fraction of sp³-hybridized carbons (Fsp3) is 0.200. The molecule has 1 saturated carbocycles. The number of rotatable bonds is 2. The van der Waals surface area contributed by atoms with Gasteiger partial charge >= 0.3 is 0 Å². The largest absolute Gasteiger partial charge is 0.0741 e. The van der Waals surface area contributed by atoms with Gasteiger partial charge in [-0.3, -0.25) is 0 Å². The Morgan fingerprint density at radius 1 is 0.720 bits per heavy atom. The van der Waals surface area contributed by atoms with Crippen molar-refractivity contribution in [2.75, 3.05) is 0 Å². The van der Waals surface area contributed by atoms with Gasteiger partial charge in [-0.15, -0.1) is 0 Å². The van der Waals surface area contributed by atoms with Gasteiger partial charge in [0.25, 0.3) is 0 Å². The van der Waals surface area contributed by atoms with E-state index in [1.807, 2.05) is 0 Å². The predicted molar refractivity (Wildman–Crippen MR) is 108 cm³/mol. The third kappa shape index (κ3) is 2.62. The van der Waals surface area contributed by atoms with E-state index in [-0.39, 0.29) is 0 Å². The van der Waals surface area contributed by atoms with Gasteiger partial charge in [-0.25, -0.2) is 0 Å². The molecule has 3 aromatic rings. The van der Waals surface area contributed by atoms with Crippen LogP contribution in [0, 0.1) is 5.92 Å². The van der Waals surface area contributed by atoms with Crippen molar-refractivity contribution in [3.05, 3.63) is 82.8 Å². The summed E-state index contributed by atoms with van der Waals surface area (Å²) in [6, 6.07) is 22.0. The molecule has 0 amide bonds. The lowest BCUT2D eigenvalue weighted by molar-refractivity contribution is 0.685. The second-order valence-corrected chi connectivity index (χ2v) is 7.34. The molecule has 5 rings (SSSR count). The first-order chi connectivity index (χ1) is 12.4. The second kappa shape index (κ2) is 6.04. The molecule has 0 unspecified atom stereocenters. The molecule has 0 bridgehead atoms. The molecule has 0 spiro atoms. The molecular weight excluding hydrogens is 300 g/mol. The van der Waals surface area contributed by atoms with Crippen LogP contribution in [0.2, 0.25) is 0 Å². The Labute approximate surface area is 148 Å². The average molecular weight is 322 g/mol. The fourth-order valence-electron chi connectivity index (χ4n) is 4.45. The van der Waals surface area contributed by atoms with Crippen molar-refractivity contribution in [3.63, 3.8) is 0 Å². The summed E-state index contributed by atoms with van der Waals surface area (Å²) in [5, 5.41) is 5.37. The Balaban J connectivity index is 1.69. The van der Waals surface area contributed by atoms with Gasteiger partial charge in [-0.2, -0.15) is 0 Å². The minimum atomic E-state index is 0.776. The van der Waals surface area contributed by atoms with E-state index in [0.29, 0.717) is 0 Å². The molecule has 0 nitrogen and oxygen atoms in total. The zero-order chi connectivity index (χ0) is 16.6. The lowest BCUT2D eigenvalue weighted by Crippen LogP contribution is -2.23. The minimum absolute atomic E-state index is 0.776. The lowest BCUT2D eigenvalue weighted by atomic mass is 9.96. The van der Waals surface area contributed by atoms with Crippen molar-refractivity contribution in [1.29, 1.82) is 0 Å². The first-order valence-corrected chi connectivity index (χ1v) is 9.41. The molecular formula is C25H22. The minimum Gasteiger partial charge on any atom is -0.0741 e. The van der Waals surface area contributed by atoms with Crippen molar-refractivity contribution >= 4 is 22.9 Å². The molecule has 2 aliphatic rings. The van der Waals surface area contributed by atoms with E-state index in [9.17, 15) is 0 Å². The highest BCUT2D eigenvalue weighted by atomic mass is 14.2. The van der Waals surface area contributed by atoms with Crippen molar-refractivity contribution in [1.82, 2.24) is 0 Å². The van der Waals surface area contributed by atoms with Crippen molar-refractivity contribution in [2.45, 2.75) is 25.7 Å². The molecule has 0 atom stereocenters. The van der Waals surface area contributed by atoms with Gasteiger partial charge in [0.05, 0.1) is 0 Å². The number of allylic oxidation sites excluding steroid dienone is 2. The topological polar surface area (TPSA) is 0 Å². The summed E-state index contributed by atoms with van der Waals surface area (Å²) in [4.78, 5) is 0. The second-order valence-electron chi connectivity index (χ2n) is 7.34. The molecule has 25 heavy (non-hydrogen) atoms. The SMILES string of the molecule is C(=C1C=c2cccc(-c3cccc4ccccc34)c2=C1)C1CCCC1. The molecule has 0 saturated heterocycles. The zero-order valence-corrected chi connectivity index (χ0v) is 14.4. The fourth-order valence-corrected chi connectivity index (χ4v) is 4.45. The van der Waals surface area contributed by atoms with Gasteiger partial charge < -0.3 is 0 Å². The molecule has 0 aliphatic heterocycles. The number of hydrogen-bond donors (Lipinski definition) is 0. The lowest BCUT2D eigenvalue weighted by Gasteiger charge is -2.07. The van der Waals surface area contributed by atoms with Crippen LogP contribution in [0.3, 0.4) is 0 Å². The van der Waals surface area contributed by atoms with Crippen molar-refractivity contribution in [3.8, 4) is 11.1 Å². The van der Waals surface area contributed by atoms with Crippen molar-refractivity contribution in [2.24, 2.45) is 5.92 Å². The molecule has 122 valence electrons. The van der Waals surface area contributed by atoms with E-state index in [1.54, 1.807) is 0 Å². The highest BCUT2D eigenvalue weighted by Gasteiger charge is 2.14. The Morgan fingerprint density at radius 2 is 1.48 bits per heavy atom. The molecule has 0 heterocycles. The standard InChI is InChI=1S/C25H22/c1-2-8-18(7-1)15-19-16-21-11-6-14-24(25(21)17-19)23-13-5-10-20-9-3-4-12-22(20)23/h3-6,9-18H,1-2,7-8H2. The van der Waals surface area contributed by atoms with Crippen LogP contribution in [0.15, 0.2) is 72.3 Å².